The molecule has 0 radical (unpaired) electrons. The maximum Gasteiger partial charge on any atom is 0.308 e. The smallest absolute Gasteiger partial charge is 0.308 e. The number of benzene rings is 1. The first kappa shape index (κ1) is 12.5. The summed E-state index contributed by atoms with van der Waals surface area (Å²) < 4.78 is 5.74. The van der Waals surface area contributed by atoms with Crippen LogP contribution in [0, 0.1) is 5.92 Å². The monoisotopic (exact) mass is 261 g/mol. The standard InChI is InChI=1S/C15H19NO3/c17-15(18)12-5-3-6-13(12)16-8-9-19-14-7-2-1-4-11(14)10-16/h1-2,4,7,12-13H,3,5-6,8-10H2,(H,17,18). The Balaban J connectivity index is 1.80. The third-order valence-electron chi connectivity index (χ3n) is 4.25. The van der Waals surface area contributed by atoms with Crippen molar-refractivity contribution in [2.75, 3.05) is 13.2 Å². The fourth-order valence-electron chi connectivity index (χ4n) is 3.29. The zero-order chi connectivity index (χ0) is 13.2. The van der Waals surface area contributed by atoms with Gasteiger partial charge in [-0.25, -0.2) is 0 Å². The van der Waals surface area contributed by atoms with Crippen LogP contribution in [0.15, 0.2) is 24.3 Å². The minimum absolute atomic E-state index is 0.159. The van der Waals surface area contributed by atoms with Crippen LogP contribution in [0.3, 0.4) is 0 Å². The molecule has 102 valence electrons. The Kier molecular flexibility index (Phi) is 3.42. The second kappa shape index (κ2) is 5.21. The predicted molar refractivity (Wildman–Crippen MR) is 71.1 cm³/mol. The highest BCUT2D eigenvalue weighted by Gasteiger charge is 2.37. The van der Waals surface area contributed by atoms with Crippen molar-refractivity contribution in [1.82, 2.24) is 4.90 Å². The Morgan fingerprint density at radius 3 is 3.00 bits per heavy atom. The molecule has 1 aromatic carbocycles. The maximum absolute atomic E-state index is 11.3. The van der Waals surface area contributed by atoms with E-state index in [1.165, 1.54) is 0 Å². The van der Waals surface area contributed by atoms with E-state index in [1.54, 1.807) is 0 Å². The van der Waals surface area contributed by atoms with Gasteiger partial charge in [0.15, 0.2) is 0 Å². The number of hydrogen-bond donors (Lipinski definition) is 1. The minimum Gasteiger partial charge on any atom is -0.492 e. The van der Waals surface area contributed by atoms with E-state index < -0.39 is 5.97 Å². The van der Waals surface area contributed by atoms with Gasteiger partial charge in [0.05, 0.1) is 5.92 Å². The van der Waals surface area contributed by atoms with Crippen LogP contribution >= 0.6 is 0 Å². The molecule has 1 aliphatic carbocycles. The summed E-state index contributed by atoms with van der Waals surface area (Å²) in [4.78, 5) is 13.6. The highest BCUT2D eigenvalue weighted by molar-refractivity contribution is 5.71. The van der Waals surface area contributed by atoms with E-state index in [9.17, 15) is 9.90 Å². The van der Waals surface area contributed by atoms with Crippen molar-refractivity contribution in [2.24, 2.45) is 5.92 Å². The third-order valence-corrected chi connectivity index (χ3v) is 4.25. The molecule has 0 aromatic heterocycles. The van der Waals surface area contributed by atoms with Crippen LogP contribution in [0.5, 0.6) is 5.75 Å². The Hall–Kier alpha value is -1.55. The van der Waals surface area contributed by atoms with Crippen molar-refractivity contribution >= 4 is 5.97 Å². The lowest BCUT2D eigenvalue weighted by atomic mass is 10.0. The molecule has 2 unspecified atom stereocenters. The van der Waals surface area contributed by atoms with Crippen molar-refractivity contribution in [3.8, 4) is 5.75 Å². The summed E-state index contributed by atoms with van der Waals surface area (Å²) >= 11 is 0. The summed E-state index contributed by atoms with van der Waals surface area (Å²) in [5.74, 6) is 0.0704. The Morgan fingerprint density at radius 2 is 2.16 bits per heavy atom. The first-order valence-electron chi connectivity index (χ1n) is 6.93. The van der Waals surface area contributed by atoms with Crippen molar-refractivity contribution < 1.29 is 14.6 Å². The van der Waals surface area contributed by atoms with Crippen LogP contribution in [0.1, 0.15) is 24.8 Å². The molecule has 0 saturated heterocycles. The summed E-state index contributed by atoms with van der Waals surface area (Å²) in [6.07, 6.45) is 2.80. The fourth-order valence-corrected chi connectivity index (χ4v) is 3.29. The topological polar surface area (TPSA) is 49.8 Å². The molecular weight excluding hydrogens is 242 g/mol. The van der Waals surface area contributed by atoms with Crippen molar-refractivity contribution in [3.63, 3.8) is 0 Å². The van der Waals surface area contributed by atoms with Gasteiger partial charge in [-0.15, -0.1) is 0 Å². The second-order valence-corrected chi connectivity index (χ2v) is 5.37. The van der Waals surface area contributed by atoms with Gasteiger partial charge in [-0.3, -0.25) is 9.69 Å². The lowest BCUT2D eigenvalue weighted by Gasteiger charge is -2.29. The molecule has 0 spiro atoms. The second-order valence-electron chi connectivity index (χ2n) is 5.37. The quantitative estimate of drug-likeness (QED) is 0.886. The van der Waals surface area contributed by atoms with Crippen molar-refractivity contribution in [2.45, 2.75) is 31.8 Å². The Morgan fingerprint density at radius 1 is 1.32 bits per heavy atom. The number of nitrogens with zero attached hydrogens (tertiary/aromatic N) is 1. The van der Waals surface area contributed by atoms with Crippen LogP contribution in [-0.2, 0) is 11.3 Å². The average Bonchev–Trinajstić information content (AvgIpc) is 2.79. The summed E-state index contributed by atoms with van der Waals surface area (Å²) in [6.45, 7) is 2.24. The van der Waals surface area contributed by atoms with Gasteiger partial charge in [0, 0.05) is 24.7 Å². The van der Waals surface area contributed by atoms with E-state index in [0.29, 0.717) is 6.61 Å². The number of para-hydroxylation sites is 1. The molecule has 1 heterocycles. The first-order valence-corrected chi connectivity index (χ1v) is 6.93. The molecular formula is C15H19NO3. The summed E-state index contributed by atoms with van der Waals surface area (Å²) in [5, 5.41) is 9.32. The van der Waals surface area contributed by atoms with E-state index in [2.05, 4.69) is 11.0 Å². The molecule has 4 nitrogen and oxygen atoms in total. The Bertz CT molecular complexity index is 474. The first-order chi connectivity index (χ1) is 9.25. The molecule has 2 aliphatic rings. The zero-order valence-electron chi connectivity index (χ0n) is 10.9. The maximum atomic E-state index is 11.3. The molecule has 0 bridgehead atoms. The molecule has 1 aliphatic heterocycles. The summed E-state index contributed by atoms with van der Waals surface area (Å²) in [5.41, 5.74) is 1.16. The van der Waals surface area contributed by atoms with Crippen LogP contribution in [0.2, 0.25) is 0 Å². The van der Waals surface area contributed by atoms with E-state index in [1.807, 2.05) is 18.2 Å². The number of carbonyl (C=O) groups is 1. The SMILES string of the molecule is O=C(O)C1CCCC1N1CCOc2ccccc2C1. The number of carboxylic acid groups (broad SMARTS) is 1. The van der Waals surface area contributed by atoms with Gasteiger partial charge in [-0.05, 0) is 18.9 Å². The number of hydrogen-bond acceptors (Lipinski definition) is 3. The van der Waals surface area contributed by atoms with Gasteiger partial charge in [0.2, 0.25) is 0 Å². The molecule has 1 aromatic rings. The number of fused-ring (bicyclic) bond motifs is 1. The van der Waals surface area contributed by atoms with E-state index in [-0.39, 0.29) is 12.0 Å². The van der Waals surface area contributed by atoms with Crippen molar-refractivity contribution in [3.05, 3.63) is 29.8 Å². The van der Waals surface area contributed by atoms with Gasteiger partial charge in [-0.2, -0.15) is 0 Å². The van der Waals surface area contributed by atoms with E-state index in [4.69, 9.17) is 4.74 Å². The molecule has 3 rings (SSSR count). The highest BCUT2D eigenvalue weighted by Crippen LogP contribution is 2.33. The molecule has 1 fully saturated rings. The number of ether oxygens (including phenoxy) is 1. The number of rotatable bonds is 2. The van der Waals surface area contributed by atoms with Crippen LogP contribution in [-0.4, -0.2) is 35.2 Å². The Labute approximate surface area is 113 Å². The van der Waals surface area contributed by atoms with Gasteiger partial charge in [0.25, 0.3) is 0 Å². The lowest BCUT2D eigenvalue weighted by molar-refractivity contribution is -0.143. The summed E-state index contributed by atoms with van der Waals surface area (Å²) in [7, 11) is 0. The average molecular weight is 261 g/mol. The molecule has 4 heteroatoms. The molecule has 2 atom stereocenters. The summed E-state index contributed by atoms with van der Waals surface area (Å²) in [6, 6.07) is 8.20. The molecule has 1 saturated carbocycles. The molecule has 0 amide bonds. The highest BCUT2D eigenvalue weighted by atomic mass is 16.5. The van der Waals surface area contributed by atoms with E-state index >= 15 is 0 Å². The fraction of sp³-hybridized carbons (Fsp3) is 0.533. The lowest BCUT2D eigenvalue weighted by Crippen LogP contribution is -2.41. The third kappa shape index (κ3) is 2.45. The normalized spacial score (nSPS) is 27.4. The van der Waals surface area contributed by atoms with Crippen LogP contribution < -0.4 is 4.74 Å². The van der Waals surface area contributed by atoms with Gasteiger partial charge < -0.3 is 9.84 Å². The number of carboxylic acids is 1. The minimum atomic E-state index is -0.652. The van der Waals surface area contributed by atoms with Gasteiger partial charge in [-0.1, -0.05) is 24.6 Å². The predicted octanol–water partition coefficient (Wildman–Crippen LogP) is 2.13. The largest absolute Gasteiger partial charge is 0.492 e. The van der Waals surface area contributed by atoms with Gasteiger partial charge >= 0.3 is 5.97 Å². The van der Waals surface area contributed by atoms with Gasteiger partial charge in [0.1, 0.15) is 12.4 Å². The van der Waals surface area contributed by atoms with Crippen LogP contribution in [0.4, 0.5) is 0 Å². The van der Waals surface area contributed by atoms with Crippen molar-refractivity contribution in [1.29, 1.82) is 0 Å². The number of aliphatic carboxylic acids is 1. The molecule has 19 heavy (non-hydrogen) atoms. The van der Waals surface area contributed by atoms with E-state index in [0.717, 1.165) is 43.7 Å². The zero-order valence-corrected chi connectivity index (χ0v) is 10.9. The molecule has 1 N–H and O–H groups in total. The van der Waals surface area contributed by atoms with Crippen LogP contribution in [0.25, 0.3) is 0 Å².